The number of carbonyl (C=O) groups is 1. The molecule has 0 aliphatic heterocycles. The van der Waals surface area contributed by atoms with Crippen LogP contribution in [0.2, 0.25) is 0 Å². The maximum absolute atomic E-state index is 12.6. The Morgan fingerprint density at radius 1 is 1.07 bits per heavy atom. The van der Waals surface area contributed by atoms with Crippen molar-refractivity contribution in [2.45, 2.75) is 33.1 Å². The normalized spacial score (nSPS) is 12.4. The van der Waals surface area contributed by atoms with E-state index in [9.17, 15) is 4.79 Å². The molecule has 0 saturated carbocycles. The van der Waals surface area contributed by atoms with E-state index in [1.165, 1.54) is 5.56 Å². The van der Waals surface area contributed by atoms with Crippen molar-refractivity contribution in [3.63, 3.8) is 0 Å². The van der Waals surface area contributed by atoms with E-state index in [1.54, 1.807) is 13.2 Å². The van der Waals surface area contributed by atoms with Gasteiger partial charge in [0.1, 0.15) is 0 Å². The van der Waals surface area contributed by atoms with Gasteiger partial charge in [0.25, 0.3) is 0 Å². The second kappa shape index (κ2) is 10.7. The minimum absolute atomic E-state index is 0.298. The second-order valence-electron chi connectivity index (χ2n) is 7.35. The highest BCUT2D eigenvalue weighted by atomic mass is 16.6. The molecular formula is C24H31NO3. The van der Waals surface area contributed by atoms with Crippen molar-refractivity contribution in [1.29, 1.82) is 0 Å². The number of ether oxygens (including phenoxy) is 2. The number of nitrogens with one attached hydrogen (secondary N) is 1. The molecule has 0 heterocycles. The number of hydrogen-bond donors (Lipinski definition) is 1. The molecule has 0 radical (unpaired) electrons. The van der Waals surface area contributed by atoms with Gasteiger partial charge in [0, 0.05) is 6.54 Å². The Bertz CT molecular complexity index is 794. The van der Waals surface area contributed by atoms with Gasteiger partial charge in [0.2, 0.25) is 0 Å². The van der Waals surface area contributed by atoms with E-state index >= 15 is 0 Å². The van der Waals surface area contributed by atoms with E-state index in [4.69, 9.17) is 9.47 Å². The maximum atomic E-state index is 12.6. The van der Waals surface area contributed by atoms with Crippen LogP contribution in [-0.4, -0.2) is 26.7 Å². The van der Waals surface area contributed by atoms with Gasteiger partial charge in [-0.1, -0.05) is 56.3 Å². The zero-order chi connectivity index (χ0) is 20.5. The first kappa shape index (κ1) is 21.7. The van der Waals surface area contributed by atoms with Gasteiger partial charge >= 0.3 is 5.97 Å². The SMILES string of the molecule is CNC/C=C/c1ccc(OC(=O)C(C)c2ccc(CC(C)C)cc2)c(OC)c1. The van der Waals surface area contributed by atoms with E-state index in [2.05, 4.69) is 31.3 Å². The first-order valence-electron chi connectivity index (χ1n) is 9.74. The monoisotopic (exact) mass is 381 g/mol. The summed E-state index contributed by atoms with van der Waals surface area (Å²) in [6.07, 6.45) is 5.04. The van der Waals surface area contributed by atoms with Gasteiger partial charge < -0.3 is 14.8 Å². The lowest BCUT2D eigenvalue weighted by Gasteiger charge is -2.15. The summed E-state index contributed by atoms with van der Waals surface area (Å²) in [5.41, 5.74) is 3.21. The fraction of sp³-hybridized carbons (Fsp3) is 0.375. The fourth-order valence-electron chi connectivity index (χ4n) is 2.93. The lowest BCUT2D eigenvalue weighted by atomic mass is 9.97. The molecule has 0 aromatic heterocycles. The predicted octanol–water partition coefficient (Wildman–Crippen LogP) is 4.84. The van der Waals surface area contributed by atoms with Crippen LogP contribution in [0.1, 0.15) is 43.4 Å². The van der Waals surface area contributed by atoms with Gasteiger partial charge in [0.15, 0.2) is 11.5 Å². The highest BCUT2D eigenvalue weighted by molar-refractivity contribution is 5.80. The molecule has 0 spiro atoms. The first-order valence-corrected chi connectivity index (χ1v) is 9.74. The molecule has 0 bridgehead atoms. The Balaban J connectivity index is 2.08. The third-order valence-electron chi connectivity index (χ3n) is 4.51. The fourth-order valence-corrected chi connectivity index (χ4v) is 2.93. The Kier molecular flexibility index (Phi) is 8.27. The van der Waals surface area contributed by atoms with Crippen molar-refractivity contribution in [3.05, 3.63) is 65.2 Å². The summed E-state index contributed by atoms with van der Waals surface area (Å²) in [5.74, 6) is 0.930. The summed E-state index contributed by atoms with van der Waals surface area (Å²) in [5, 5.41) is 3.06. The van der Waals surface area contributed by atoms with E-state index in [0.29, 0.717) is 17.4 Å². The highest BCUT2D eigenvalue weighted by Gasteiger charge is 2.19. The Labute approximate surface area is 168 Å². The Morgan fingerprint density at radius 2 is 1.79 bits per heavy atom. The first-order chi connectivity index (χ1) is 13.4. The van der Waals surface area contributed by atoms with E-state index in [-0.39, 0.29) is 11.9 Å². The molecule has 150 valence electrons. The summed E-state index contributed by atoms with van der Waals surface area (Å²) < 4.78 is 11.0. The van der Waals surface area contributed by atoms with E-state index < -0.39 is 0 Å². The third kappa shape index (κ3) is 6.24. The highest BCUT2D eigenvalue weighted by Crippen LogP contribution is 2.30. The van der Waals surface area contributed by atoms with Crippen LogP contribution in [0.3, 0.4) is 0 Å². The zero-order valence-electron chi connectivity index (χ0n) is 17.5. The third-order valence-corrected chi connectivity index (χ3v) is 4.51. The number of carbonyl (C=O) groups excluding carboxylic acids is 1. The number of rotatable bonds is 9. The molecule has 0 saturated heterocycles. The number of esters is 1. The second-order valence-corrected chi connectivity index (χ2v) is 7.35. The van der Waals surface area contributed by atoms with E-state index in [0.717, 1.165) is 24.1 Å². The molecule has 0 fully saturated rings. The topological polar surface area (TPSA) is 47.6 Å². The zero-order valence-corrected chi connectivity index (χ0v) is 17.5. The minimum atomic E-state index is -0.354. The smallest absolute Gasteiger partial charge is 0.318 e. The summed E-state index contributed by atoms with van der Waals surface area (Å²) in [4.78, 5) is 12.6. The van der Waals surface area contributed by atoms with Crippen molar-refractivity contribution in [2.24, 2.45) is 5.92 Å². The van der Waals surface area contributed by atoms with Gasteiger partial charge in [0.05, 0.1) is 13.0 Å². The molecule has 4 heteroatoms. The number of likely N-dealkylation sites (N-methyl/N-ethyl adjacent to an activating group) is 1. The molecule has 2 aromatic carbocycles. The molecule has 1 atom stereocenters. The van der Waals surface area contributed by atoms with Crippen molar-refractivity contribution in [3.8, 4) is 11.5 Å². The minimum Gasteiger partial charge on any atom is -0.493 e. The summed E-state index contributed by atoms with van der Waals surface area (Å²) in [7, 11) is 3.47. The molecule has 0 aliphatic rings. The van der Waals surface area contributed by atoms with Gasteiger partial charge in [-0.15, -0.1) is 0 Å². The molecule has 0 aliphatic carbocycles. The van der Waals surface area contributed by atoms with Gasteiger partial charge in [-0.25, -0.2) is 0 Å². The number of methoxy groups -OCH3 is 1. The van der Waals surface area contributed by atoms with Crippen LogP contribution in [-0.2, 0) is 11.2 Å². The number of hydrogen-bond acceptors (Lipinski definition) is 4. The standard InChI is InChI=1S/C24H31NO3/c1-17(2)15-20-8-11-21(12-9-20)18(3)24(26)28-22-13-10-19(7-6-14-25-4)16-23(22)27-5/h6-13,16-18,25H,14-15H2,1-5H3/b7-6+. The molecular weight excluding hydrogens is 350 g/mol. The van der Waals surface area contributed by atoms with Crippen molar-refractivity contribution >= 4 is 12.0 Å². The van der Waals surface area contributed by atoms with Crippen LogP contribution in [0.25, 0.3) is 6.08 Å². The van der Waals surface area contributed by atoms with E-state index in [1.807, 2.05) is 50.4 Å². The molecule has 2 rings (SSSR count). The molecule has 1 N–H and O–H groups in total. The molecule has 4 nitrogen and oxygen atoms in total. The quantitative estimate of drug-likeness (QED) is 0.499. The largest absolute Gasteiger partial charge is 0.493 e. The number of benzene rings is 2. The van der Waals surface area contributed by atoms with Crippen LogP contribution in [0.5, 0.6) is 11.5 Å². The van der Waals surface area contributed by atoms with Crippen molar-refractivity contribution < 1.29 is 14.3 Å². The Hall–Kier alpha value is -2.59. The van der Waals surface area contributed by atoms with Crippen molar-refractivity contribution in [2.75, 3.05) is 20.7 Å². The summed E-state index contributed by atoms with van der Waals surface area (Å²) >= 11 is 0. The lowest BCUT2D eigenvalue weighted by molar-refractivity contribution is -0.135. The van der Waals surface area contributed by atoms with Crippen LogP contribution in [0, 0.1) is 5.92 Å². The summed E-state index contributed by atoms with van der Waals surface area (Å²) in [6, 6.07) is 13.7. The van der Waals surface area contributed by atoms with Crippen LogP contribution in [0.15, 0.2) is 48.5 Å². The lowest BCUT2D eigenvalue weighted by Crippen LogP contribution is -2.16. The van der Waals surface area contributed by atoms with Gasteiger partial charge in [-0.2, -0.15) is 0 Å². The van der Waals surface area contributed by atoms with Crippen LogP contribution >= 0.6 is 0 Å². The molecule has 2 aromatic rings. The van der Waals surface area contributed by atoms with Crippen molar-refractivity contribution in [1.82, 2.24) is 5.32 Å². The summed E-state index contributed by atoms with van der Waals surface area (Å²) in [6.45, 7) is 7.04. The molecule has 28 heavy (non-hydrogen) atoms. The molecule has 0 amide bonds. The Morgan fingerprint density at radius 3 is 2.39 bits per heavy atom. The van der Waals surface area contributed by atoms with Crippen LogP contribution in [0.4, 0.5) is 0 Å². The average molecular weight is 382 g/mol. The predicted molar refractivity (Wildman–Crippen MR) is 115 cm³/mol. The average Bonchev–Trinajstić information content (AvgIpc) is 2.68. The van der Waals surface area contributed by atoms with Gasteiger partial charge in [-0.05, 0) is 55.1 Å². The maximum Gasteiger partial charge on any atom is 0.318 e. The van der Waals surface area contributed by atoms with Gasteiger partial charge in [-0.3, -0.25) is 4.79 Å². The van der Waals surface area contributed by atoms with Crippen LogP contribution < -0.4 is 14.8 Å². The molecule has 1 unspecified atom stereocenters.